The number of aliphatic carboxylic acids is 1. The van der Waals surface area contributed by atoms with Gasteiger partial charge in [-0.3, -0.25) is 14.7 Å². The van der Waals surface area contributed by atoms with E-state index in [1.165, 1.54) is 0 Å². The van der Waals surface area contributed by atoms with E-state index in [0.717, 1.165) is 5.82 Å². The number of carboxylic acid groups (broad SMARTS) is 1. The molecule has 7 heteroatoms. The fourth-order valence-electron chi connectivity index (χ4n) is 3.24. The number of carboxylic acids is 1. The van der Waals surface area contributed by atoms with Gasteiger partial charge in [-0.15, -0.1) is 0 Å². The van der Waals surface area contributed by atoms with Gasteiger partial charge in [0.25, 0.3) is 0 Å². The van der Waals surface area contributed by atoms with Crippen LogP contribution in [0.2, 0.25) is 0 Å². The fraction of sp³-hybridized carbons (Fsp3) is 0.444. The maximum atomic E-state index is 12.6. The summed E-state index contributed by atoms with van der Waals surface area (Å²) in [6, 6.07) is 7.25. The van der Waals surface area contributed by atoms with Gasteiger partial charge < -0.3 is 10.4 Å². The molecule has 1 aliphatic rings. The van der Waals surface area contributed by atoms with Crippen LogP contribution in [-0.2, 0) is 9.59 Å². The molecule has 1 aromatic heterocycles. The van der Waals surface area contributed by atoms with Gasteiger partial charge in [0.15, 0.2) is 5.82 Å². The zero-order valence-electron chi connectivity index (χ0n) is 14.7. The van der Waals surface area contributed by atoms with Crippen LogP contribution in [0, 0.1) is 17.3 Å². The van der Waals surface area contributed by atoms with E-state index >= 15 is 0 Å². The SMILES string of the molecule is CC(C)c1nc(-c2ccccc2NC(=O)C2C(C(=O)O)C2(C)C)n[nH]1. The Bertz CT molecular complexity index is 825. The average Bonchev–Trinajstić information content (AvgIpc) is 2.91. The maximum Gasteiger partial charge on any atom is 0.307 e. The standard InChI is InChI=1S/C18H22N4O3/c1-9(2)14-20-15(22-21-14)10-7-5-6-8-11(10)19-16(23)12-13(17(24)25)18(12,3)4/h5-9,12-13H,1-4H3,(H,19,23)(H,24,25)(H,20,21,22). The van der Waals surface area contributed by atoms with Gasteiger partial charge in [0, 0.05) is 11.5 Å². The molecule has 1 amide bonds. The molecule has 1 saturated carbocycles. The van der Waals surface area contributed by atoms with Crippen molar-refractivity contribution in [2.24, 2.45) is 17.3 Å². The Morgan fingerprint density at radius 1 is 1.24 bits per heavy atom. The normalized spacial score (nSPS) is 21.2. The number of carbonyl (C=O) groups is 2. The third-order valence-corrected chi connectivity index (χ3v) is 4.85. The summed E-state index contributed by atoms with van der Waals surface area (Å²) in [6.45, 7) is 7.62. The first-order valence-electron chi connectivity index (χ1n) is 8.29. The molecule has 3 N–H and O–H groups in total. The van der Waals surface area contributed by atoms with E-state index in [-0.39, 0.29) is 11.8 Å². The molecule has 3 rings (SSSR count). The lowest BCUT2D eigenvalue weighted by Crippen LogP contribution is -2.18. The Labute approximate surface area is 145 Å². The largest absolute Gasteiger partial charge is 0.481 e. The summed E-state index contributed by atoms with van der Waals surface area (Å²) >= 11 is 0. The lowest BCUT2D eigenvalue weighted by Gasteiger charge is -2.09. The van der Waals surface area contributed by atoms with Crippen LogP contribution in [0.3, 0.4) is 0 Å². The molecule has 2 aromatic rings. The average molecular weight is 342 g/mol. The van der Waals surface area contributed by atoms with Crippen LogP contribution in [0.4, 0.5) is 5.69 Å². The van der Waals surface area contributed by atoms with Crippen molar-refractivity contribution in [2.75, 3.05) is 5.32 Å². The molecule has 1 aliphatic carbocycles. The van der Waals surface area contributed by atoms with Crippen molar-refractivity contribution in [3.05, 3.63) is 30.1 Å². The molecule has 25 heavy (non-hydrogen) atoms. The topological polar surface area (TPSA) is 108 Å². The summed E-state index contributed by atoms with van der Waals surface area (Å²) in [5.74, 6) is -0.938. The van der Waals surface area contributed by atoms with E-state index in [1.54, 1.807) is 19.9 Å². The van der Waals surface area contributed by atoms with Crippen molar-refractivity contribution in [3.63, 3.8) is 0 Å². The van der Waals surface area contributed by atoms with Gasteiger partial charge in [-0.2, -0.15) is 5.10 Å². The second kappa shape index (κ2) is 5.98. The Morgan fingerprint density at radius 3 is 2.48 bits per heavy atom. The summed E-state index contributed by atoms with van der Waals surface area (Å²) in [6.07, 6.45) is 0. The van der Waals surface area contributed by atoms with E-state index < -0.39 is 23.2 Å². The highest BCUT2D eigenvalue weighted by molar-refractivity contribution is 6.01. The first-order chi connectivity index (χ1) is 11.7. The van der Waals surface area contributed by atoms with Gasteiger partial charge in [0.1, 0.15) is 5.82 Å². The first kappa shape index (κ1) is 17.1. The molecule has 0 bridgehead atoms. The molecule has 0 radical (unpaired) electrons. The molecular weight excluding hydrogens is 320 g/mol. The number of hydrogen-bond acceptors (Lipinski definition) is 4. The number of hydrogen-bond donors (Lipinski definition) is 3. The molecule has 132 valence electrons. The molecule has 0 saturated heterocycles. The Hall–Kier alpha value is -2.70. The van der Waals surface area contributed by atoms with Gasteiger partial charge >= 0.3 is 5.97 Å². The van der Waals surface area contributed by atoms with Crippen LogP contribution < -0.4 is 5.32 Å². The summed E-state index contributed by atoms with van der Waals surface area (Å²) in [5, 5.41) is 19.2. The first-order valence-corrected chi connectivity index (χ1v) is 8.29. The van der Waals surface area contributed by atoms with Crippen molar-refractivity contribution in [1.29, 1.82) is 0 Å². The number of aromatic nitrogens is 3. The van der Waals surface area contributed by atoms with Crippen molar-refractivity contribution >= 4 is 17.6 Å². The van der Waals surface area contributed by atoms with Gasteiger partial charge in [-0.05, 0) is 17.5 Å². The van der Waals surface area contributed by atoms with Crippen molar-refractivity contribution in [2.45, 2.75) is 33.6 Å². The highest BCUT2D eigenvalue weighted by atomic mass is 16.4. The third-order valence-electron chi connectivity index (χ3n) is 4.85. The number of amides is 1. The van der Waals surface area contributed by atoms with Crippen molar-refractivity contribution < 1.29 is 14.7 Å². The van der Waals surface area contributed by atoms with Crippen molar-refractivity contribution in [1.82, 2.24) is 15.2 Å². The number of benzene rings is 1. The summed E-state index contributed by atoms with van der Waals surface area (Å²) in [4.78, 5) is 28.3. The number of H-pyrrole nitrogens is 1. The van der Waals surface area contributed by atoms with E-state index in [2.05, 4.69) is 20.5 Å². The minimum Gasteiger partial charge on any atom is -0.481 e. The monoisotopic (exact) mass is 342 g/mol. The summed E-state index contributed by atoms with van der Waals surface area (Å²) < 4.78 is 0. The number of aromatic amines is 1. The van der Waals surface area contributed by atoms with Gasteiger partial charge in [0.05, 0.1) is 17.5 Å². The quantitative estimate of drug-likeness (QED) is 0.774. The molecule has 1 heterocycles. The number of nitrogens with zero attached hydrogens (tertiary/aromatic N) is 2. The number of anilines is 1. The number of carbonyl (C=O) groups excluding carboxylic acids is 1. The highest BCUT2D eigenvalue weighted by Gasteiger charge is 2.65. The van der Waals surface area contributed by atoms with Crippen LogP contribution in [-0.4, -0.2) is 32.2 Å². The predicted octanol–water partition coefficient (Wildman–Crippen LogP) is 2.89. The highest BCUT2D eigenvalue weighted by Crippen LogP contribution is 2.58. The molecule has 2 atom stereocenters. The van der Waals surface area contributed by atoms with Gasteiger partial charge in [0.2, 0.25) is 5.91 Å². The molecule has 7 nitrogen and oxygen atoms in total. The van der Waals surface area contributed by atoms with E-state index in [4.69, 9.17) is 0 Å². The third kappa shape index (κ3) is 3.01. The molecule has 1 fully saturated rings. The van der Waals surface area contributed by atoms with Gasteiger partial charge in [-0.25, -0.2) is 4.98 Å². The van der Waals surface area contributed by atoms with E-state index in [1.807, 2.05) is 32.0 Å². The number of para-hydroxylation sites is 1. The predicted molar refractivity (Wildman–Crippen MR) is 92.9 cm³/mol. The van der Waals surface area contributed by atoms with Crippen LogP contribution in [0.5, 0.6) is 0 Å². The smallest absolute Gasteiger partial charge is 0.307 e. The lowest BCUT2D eigenvalue weighted by molar-refractivity contribution is -0.140. The Kier molecular flexibility index (Phi) is 4.10. The second-order valence-electron chi connectivity index (χ2n) is 7.35. The molecule has 0 aliphatic heterocycles. The second-order valence-corrected chi connectivity index (χ2v) is 7.35. The molecule has 2 unspecified atom stereocenters. The molecule has 1 aromatic carbocycles. The van der Waals surface area contributed by atoms with Crippen LogP contribution >= 0.6 is 0 Å². The van der Waals surface area contributed by atoms with E-state index in [0.29, 0.717) is 17.1 Å². The minimum absolute atomic E-state index is 0.214. The Balaban J connectivity index is 1.84. The zero-order chi connectivity index (χ0) is 18.4. The van der Waals surface area contributed by atoms with Crippen LogP contribution in [0.25, 0.3) is 11.4 Å². The van der Waals surface area contributed by atoms with Crippen LogP contribution in [0.1, 0.15) is 39.4 Å². The van der Waals surface area contributed by atoms with Gasteiger partial charge in [-0.1, -0.05) is 39.8 Å². The number of rotatable bonds is 5. The van der Waals surface area contributed by atoms with E-state index in [9.17, 15) is 14.7 Å². The lowest BCUT2D eigenvalue weighted by atomic mass is 10.1. The molecular formula is C18H22N4O3. The minimum atomic E-state index is -0.936. The Morgan fingerprint density at radius 2 is 1.92 bits per heavy atom. The zero-order valence-corrected chi connectivity index (χ0v) is 14.7. The number of nitrogens with one attached hydrogen (secondary N) is 2. The fourth-order valence-corrected chi connectivity index (χ4v) is 3.24. The summed E-state index contributed by atoms with van der Waals surface area (Å²) in [7, 11) is 0. The van der Waals surface area contributed by atoms with Crippen LogP contribution in [0.15, 0.2) is 24.3 Å². The maximum absolute atomic E-state index is 12.6. The molecule has 0 spiro atoms. The van der Waals surface area contributed by atoms with Crippen molar-refractivity contribution in [3.8, 4) is 11.4 Å². The summed E-state index contributed by atoms with van der Waals surface area (Å²) in [5.41, 5.74) is 0.734.